The number of non-ortho nitro benzene ring substituents is 1. The molecule has 0 atom stereocenters. The SMILES string of the molecule is Cl.Cl.O=C(Cc1ccc([N+](=O)[O-])cc1)CN1CCN(S(=O)(=O)c2ccccc2)CC1. The summed E-state index contributed by atoms with van der Waals surface area (Å²) in [6.07, 6.45) is 0.195. The first kappa shape index (κ1) is 26.0. The van der Waals surface area contributed by atoms with Gasteiger partial charge in [-0.3, -0.25) is 19.8 Å². The van der Waals surface area contributed by atoms with Gasteiger partial charge in [-0.25, -0.2) is 8.42 Å². The van der Waals surface area contributed by atoms with Gasteiger partial charge in [0.2, 0.25) is 10.0 Å². The molecule has 0 radical (unpaired) electrons. The third kappa shape index (κ3) is 6.48. The van der Waals surface area contributed by atoms with Crippen LogP contribution in [0.3, 0.4) is 0 Å². The van der Waals surface area contributed by atoms with Gasteiger partial charge in [0.25, 0.3) is 5.69 Å². The number of nitro groups is 1. The number of carbonyl (C=O) groups excluding carboxylic acids is 1. The third-order valence-corrected chi connectivity index (χ3v) is 6.57. The molecule has 30 heavy (non-hydrogen) atoms. The lowest BCUT2D eigenvalue weighted by Gasteiger charge is -2.33. The summed E-state index contributed by atoms with van der Waals surface area (Å²) in [7, 11) is -3.51. The van der Waals surface area contributed by atoms with Crippen LogP contribution in [0.25, 0.3) is 0 Å². The Morgan fingerprint density at radius 3 is 2.03 bits per heavy atom. The van der Waals surface area contributed by atoms with Crippen molar-refractivity contribution < 1.29 is 18.1 Å². The van der Waals surface area contributed by atoms with E-state index in [1.165, 1.54) is 16.4 Å². The highest BCUT2D eigenvalue weighted by Crippen LogP contribution is 2.17. The van der Waals surface area contributed by atoms with Crippen molar-refractivity contribution in [1.82, 2.24) is 9.21 Å². The molecule has 0 unspecified atom stereocenters. The van der Waals surface area contributed by atoms with E-state index in [9.17, 15) is 23.3 Å². The second-order valence-electron chi connectivity index (χ2n) is 6.63. The molecule has 0 aliphatic carbocycles. The number of rotatable bonds is 7. The normalized spacial score (nSPS) is 14.9. The molecule has 0 bridgehead atoms. The van der Waals surface area contributed by atoms with Crippen LogP contribution in [-0.4, -0.2) is 61.1 Å². The Morgan fingerprint density at radius 1 is 0.933 bits per heavy atom. The monoisotopic (exact) mass is 475 g/mol. The number of hydrogen-bond donors (Lipinski definition) is 0. The minimum atomic E-state index is -3.51. The number of carbonyl (C=O) groups is 1. The number of nitro benzene ring substituents is 1. The lowest BCUT2D eigenvalue weighted by atomic mass is 10.1. The van der Waals surface area contributed by atoms with Crippen molar-refractivity contribution in [2.75, 3.05) is 32.7 Å². The molecule has 1 aliphatic rings. The predicted octanol–water partition coefficient (Wildman–Crippen LogP) is 2.56. The van der Waals surface area contributed by atoms with E-state index in [0.717, 1.165) is 5.56 Å². The summed E-state index contributed by atoms with van der Waals surface area (Å²) >= 11 is 0. The molecule has 1 heterocycles. The second kappa shape index (κ2) is 11.4. The summed E-state index contributed by atoms with van der Waals surface area (Å²) < 4.78 is 26.7. The summed E-state index contributed by atoms with van der Waals surface area (Å²) in [4.78, 5) is 24.7. The maximum Gasteiger partial charge on any atom is 0.269 e. The zero-order chi connectivity index (χ0) is 20.1. The van der Waals surface area contributed by atoms with Gasteiger partial charge in [0.1, 0.15) is 0 Å². The Balaban J connectivity index is 0.00000225. The average Bonchev–Trinajstić information content (AvgIpc) is 2.69. The molecule has 0 aromatic heterocycles. The van der Waals surface area contributed by atoms with Crippen LogP contribution < -0.4 is 0 Å². The molecular weight excluding hydrogens is 453 g/mol. The van der Waals surface area contributed by atoms with Crippen LogP contribution in [0.5, 0.6) is 0 Å². The maximum atomic E-state index is 12.6. The predicted molar refractivity (Wildman–Crippen MR) is 118 cm³/mol. The summed E-state index contributed by atoms with van der Waals surface area (Å²) in [5.41, 5.74) is 0.716. The van der Waals surface area contributed by atoms with Gasteiger partial charge in [-0.05, 0) is 17.7 Å². The highest BCUT2D eigenvalue weighted by Gasteiger charge is 2.28. The zero-order valence-corrected chi connectivity index (χ0v) is 18.5. The van der Waals surface area contributed by atoms with Gasteiger partial charge in [0, 0.05) is 44.7 Å². The number of hydrogen-bond acceptors (Lipinski definition) is 6. The van der Waals surface area contributed by atoms with Crippen molar-refractivity contribution in [1.29, 1.82) is 0 Å². The van der Waals surface area contributed by atoms with Gasteiger partial charge in [0.05, 0.1) is 16.4 Å². The number of benzene rings is 2. The molecule has 3 rings (SSSR count). The van der Waals surface area contributed by atoms with Crippen molar-refractivity contribution in [2.24, 2.45) is 0 Å². The first-order chi connectivity index (χ1) is 13.4. The van der Waals surface area contributed by atoms with Crippen LogP contribution in [0, 0.1) is 10.1 Å². The molecule has 2 aromatic rings. The fraction of sp³-hybridized carbons (Fsp3) is 0.316. The molecule has 0 amide bonds. The second-order valence-corrected chi connectivity index (χ2v) is 8.57. The molecule has 1 saturated heterocycles. The van der Waals surface area contributed by atoms with Gasteiger partial charge in [-0.1, -0.05) is 30.3 Å². The van der Waals surface area contributed by atoms with Crippen LogP contribution in [-0.2, 0) is 21.2 Å². The molecule has 1 aliphatic heterocycles. The van der Waals surface area contributed by atoms with Crippen molar-refractivity contribution in [3.63, 3.8) is 0 Å². The molecule has 11 heteroatoms. The maximum absolute atomic E-state index is 12.6. The molecule has 0 N–H and O–H groups in total. The number of halogens is 2. The molecule has 0 spiro atoms. The quantitative estimate of drug-likeness (QED) is 0.450. The van der Waals surface area contributed by atoms with Crippen LogP contribution in [0.2, 0.25) is 0 Å². The van der Waals surface area contributed by atoms with E-state index in [4.69, 9.17) is 0 Å². The van der Waals surface area contributed by atoms with Crippen LogP contribution in [0.15, 0.2) is 59.5 Å². The minimum Gasteiger partial charge on any atom is -0.298 e. The first-order valence-electron chi connectivity index (χ1n) is 8.89. The number of Topliss-reactive ketones (excluding diaryl/α,β-unsaturated/α-hetero) is 1. The van der Waals surface area contributed by atoms with E-state index in [-0.39, 0.29) is 54.1 Å². The number of ketones is 1. The highest BCUT2D eigenvalue weighted by molar-refractivity contribution is 7.89. The van der Waals surface area contributed by atoms with E-state index in [2.05, 4.69) is 0 Å². The first-order valence-corrected chi connectivity index (χ1v) is 10.3. The topological polar surface area (TPSA) is 101 Å². The smallest absolute Gasteiger partial charge is 0.269 e. The fourth-order valence-electron chi connectivity index (χ4n) is 3.14. The molecule has 1 fully saturated rings. The molecule has 2 aromatic carbocycles. The van der Waals surface area contributed by atoms with Gasteiger partial charge in [-0.2, -0.15) is 4.31 Å². The van der Waals surface area contributed by atoms with Gasteiger partial charge in [0.15, 0.2) is 5.78 Å². The Labute approximate surface area is 187 Å². The lowest BCUT2D eigenvalue weighted by Crippen LogP contribution is -2.49. The van der Waals surface area contributed by atoms with Crippen molar-refractivity contribution in [3.05, 3.63) is 70.3 Å². The Hall–Kier alpha value is -2.04. The summed E-state index contributed by atoms with van der Waals surface area (Å²) in [5.74, 6) is -0.00628. The van der Waals surface area contributed by atoms with Crippen molar-refractivity contribution >= 4 is 46.3 Å². The third-order valence-electron chi connectivity index (χ3n) is 4.66. The van der Waals surface area contributed by atoms with Crippen LogP contribution in [0.1, 0.15) is 5.56 Å². The minimum absolute atomic E-state index is 0. The van der Waals surface area contributed by atoms with Crippen molar-refractivity contribution in [3.8, 4) is 0 Å². The van der Waals surface area contributed by atoms with E-state index in [1.54, 1.807) is 42.5 Å². The van der Waals surface area contributed by atoms with Gasteiger partial charge < -0.3 is 0 Å². The molecule has 0 saturated carbocycles. The Kier molecular flexibility index (Phi) is 9.86. The summed E-state index contributed by atoms with van der Waals surface area (Å²) in [6.45, 7) is 1.87. The Bertz CT molecular complexity index is 948. The lowest BCUT2D eigenvalue weighted by molar-refractivity contribution is -0.384. The molecule has 164 valence electrons. The van der Waals surface area contributed by atoms with E-state index < -0.39 is 14.9 Å². The van der Waals surface area contributed by atoms with Crippen LogP contribution >= 0.6 is 24.8 Å². The highest BCUT2D eigenvalue weighted by atomic mass is 35.5. The summed E-state index contributed by atoms with van der Waals surface area (Å²) in [6, 6.07) is 14.3. The van der Waals surface area contributed by atoms with Gasteiger partial charge >= 0.3 is 0 Å². The number of sulfonamides is 1. The average molecular weight is 476 g/mol. The summed E-state index contributed by atoms with van der Waals surface area (Å²) in [5, 5.41) is 10.7. The number of nitrogens with zero attached hydrogens (tertiary/aromatic N) is 3. The largest absolute Gasteiger partial charge is 0.298 e. The van der Waals surface area contributed by atoms with E-state index in [1.807, 2.05) is 4.90 Å². The van der Waals surface area contributed by atoms with Gasteiger partial charge in [-0.15, -0.1) is 24.8 Å². The zero-order valence-electron chi connectivity index (χ0n) is 16.0. The van der Waals surface area contributed by atoms with E-state index >= 15 is 0 Å². The Morgan fingerprint density at radius 2 is 1.50 bits per heavy atom. The van der Waals surface area contributed by atoms with E-state index in [0.29, 0.717) is 26.2 Å². The fourth-order valence-corrected chi connectivity index (χ4v) is 4.58. The van der Waals surface area contributed by atoms with Crippen molar-refractivity contribution in [2.45, 2.75) is 11.3 Å². The molecule has 8 nitrogen and oxygen atoms in total. The van der Waals surface area contributed by atoms with Crippen LogP contribution in [0.4, 0.5) is 5.69 Å². The standard InChI is InChI=1S/C19H21N3O5S.2ClH/c23-18(14-16-6-8-17(9-7-16)22(24)25)15-20-10-12-21(13-11-20)28(26,27)19-4-2-1-3-5-19;;/h1-9H,10-15H2;2*1H. The number of piperazine rings is 1. The molecular formula is C19H23Cl2N3O5S.